The smallest absolute Gasteiger partial charge is 0.220 e. The van der Waals surface area contributed by atoms with Crippen molar-refractivity contribution in [2.45, 2.75) is 405 Å². The second-order valence-electron chi connectivity index (χ2n) is 24.3. The van der Waals surface area contributed by atoms with E-state index in [2.05, 4.69) is 67.8 Å². The molecule has 0 aliphatic carbocycles. The van der Waals surface area contributed by atoms with Crippen LogP contribution in [0.3, 0.4) is 0 Å². The van der Waals surface area contributed by atoms with Crippen LogP contribution in [0.4, 0.5) is 0 Å². The van der Waals surface area contributed by atoms with E-state index in [1.165, 1.54) is 315 Å². The fraction of sp³-hybridized carbons (Fsp3) is 0.877. The molecule has 0 saturated heterocycles. The highest BCUT2D eigenvalue weighted by Crippen LogP contribution is 2.19. The van der Waals surface area contributed by atoms with Gasteiger partial charge in [-0.1, -0.05) is 383 Å². The summed E-state index contributed by atoms with van der Waals surface area (Å²) in [5.41, 5.74) is 0. The zero-order valence-corrected chi connectivity index (χ0v) is 52.5. The van der Waals surface area contributed by atoms with Gasteiger partial charge in [0.15, 0.2) is 0 Å². The zero-order chi connectivity index (χ0) is 55.5. The Kier molecular flexibility index (Phi) is 67.2. The minimum absolute atomic E-state index is 0.0229. The number of unbranched alkanes of at least 4 members (excludes halogenated alkanes) is 51. The molecule has 0 aromatic rings. The number of carbonyl (C=O) groups is 1. The van der Waals surface area contributed by atoms with Crippen molar-refractivity contribution >= 4 is 5.91 Å². The van der Waals surface area contributed by atoms with Crippen molar-refractivity contribution in [3.8, 4) is 0 Å². The molecule has 0 aliphatic heterocycles. The van der Waals surface area contributed by atoms with Crippen molar-refractivity contribution in [3.05, 3.63) is 48.6 Å². The van der Waals surface area contributed by atoms with Crippen molar-refractivity contribution in [1.82, 2.24) is 5.32 Å². The lowest BCUT2D eigenvalue weighted by Gasteiger charge is -2.22. The molecule has 0 bridgehead atoms. The summed E-state index contributed by atoms with van der Waals surface area (Å²) in [7, 11) is 0. The van der Waals surface area contributed by atoms with E-state index in [1.807, 2.05) is 0 Å². The van der Waals surface area contributed by atoms with E-state index in [9.17, 15) is 15.0 Å². The Morgan fingerprint density at radius 3 is 0.857 bits per heavy atom. The lowest BCUT2D eigenvalue weighted by Crippen LogP contribution is -2.45. The van der Waals surface area contributed by atoms with Gasteiger partial charge in [0.1, 0.15) is 0 Å². The van der Waals surface area contributed by atoms with Crippen molar-refractivity contribution < 1.29 is 15.0 Å². The molecular weight excluding hydrogens is 939 g/mol. The predicted octanol–water partition coefficient (Wildman–Crippen LogP) is 24.1. The lowest BCUT2D eigenvalue weighted by atomic mass is 10.0. The maximum absolute atomic E-state index is 12.6. The molecule has 3 N–H and O–H groups in total. The molecule has 0 fully saturated rings. The molecule has 0 aliphatic rings. The summed E-state index contributed by atoms with van der Waals surface area (Å²) >= 11 is 0. The number of allylic oxidation sites excluding steroid dienone is 8. The monoisotopic (exact) mass is 1080 g/mol. The van der Waals surface area contributed by atoms with Gasteiger partial charge in [-0.25, -0.2) is 0 Å². The fourth-order valence-electron chi connectivity index (χ4n) is 11.3. The predicted molar refractivity (Wildman–Crippen MR) is 345 cm³/mol. The minimum atomic E-state index is -0.660. The molecule has 0 spiro atoms. The molecule has 77 heavy (non-hydrogen) atoms. The molecule has 2 atom stereocenters. The third-order valence-corrected chi connectivity index (χ3v) is 16.6. The average molecular weight is 1080 g/mol. The van der Waals surface area contributed by atoms with Crippen LogP contribution in [0, 0.1) is 0 Å². The van der Waals surface area contributed by atoms with Crippen LogP contribution in [0.25, 0.3) is 0 Å². The first kappa shape index (κ1) is 75.3. The second-order valence-corrected chi connectivity index (χ2v) is 24.3. The Bertz CT molecular complexity index is 1220. The standard InChI is InChI=1S/C73H139NO3/c1-3-5-7-9-11-13-15-17-19-21-23-25-27-29-31-33-35-36-37-38-39-41-43-45-47-49-51-53-55-57-59-61-63-65-67-69-73(77)74-71(70-75)72(76)68-66-64-62-60-58-56-54-52-50-48-46-44-42-40-34-32-30-28-26-24-22-20-18-16-14-12-10-8-6-4-2/h5,7,11,13,17,19,23,25,71-72,75-76H,3-4,6,8-10,12,14-16,18,20-22,24,26-70H2,1-2H3,(H,74,77)/b7-5-,13-11-,19-17-,25-23-. The molecule has 0 aromatic carbocycles. The van der Waals surface area contributed by atoms with Crippen LogP contribution in [-0.4, -0.2) is 34.9 Å². The number of hydrogen-bond acceptors (Lipinski definition) is 3. The molecule has 454 valence electrons. The third-order valence-electron chi connectivity index (χ3n) is 16.6. The molecular formula is C73H139NO3. The molecule has 4 heteroatoms. The van der Waals surface area contributed by atoms with E-state index in [0.29, 0.717) is 12.8 Å². The lowest BCUT2D eigenvalue weighted by molar-refractivity contribution is -0.123. The molecule has 0 saturated carbocycles. The number of nitrogens with one attached hydrogen (secondary N) is 1. The van der Waals surface area contributed by atoms with Crippen LogP contribution in [0.15, 0.2) is 48.6 Å². The van der Waals surface area contributed by atoms with Crippen molar-refractivity contribution in [2.75, 3.05) is 6.61 Å². The summed E-state index contributed by atoms with van der Waals surface area (Å²) in [5, 5.41) is 23.5. The number of aliphatic hydroxyl groups is 2. The highest BCUT2D eigenvalue weighted by atomic mass is 16.3. The summed E-state index contributed by atoms with van der Waals surface area (Å²) < 4.78 is 0. The normalized spacial score (nSPS) is 12.9. The Balaban J connectivity index is 3.38. The van der Waals surface area contributed by atoms with Gasteiger partial charge in [0.2, 0.25) is 5.91 Å². The molecule has 2 unspecified atom stereocenters. The van der Waals surface area contributed by atoms with E-state index in [1.54, 1.807) is 0 Å². The van der Waals surface area contributed by atoms with Crippen molar-refractivity contribution in [1.29, 1.82) is 0 Å². The largest absolute Gasteiger partial charge is 0.394 e. The summed E-state index contributed by atoms with van der Waals surface area (Å²) in [4.78, 5) is 12.6. The third kappa shape index (κ3) is 65.0. The first-order chi connectivity index (χ1) is 38.2. The van der Waals surface area contributed by atoms with E-state index < -0.39 is 12.1 Å². The molecule has 1 amide bonds. The summed E-state index contributed by atoms with van der Waals surface area (Å²) in [6.07, 6.45) is 96.0. The van der Waals surface area contributed by atoms with Crippen molar-refractivity contribution in [3.63, 3.8) is 0 Å². The maximum Gasteiger partial charge on any atom is 0.220 e. The van der Waals surface area contributed by atoms with Crippen LogP contribution < -0.4 is 5.32 Å². The summed E-state index contributed by atoms with van der Waals surface area (Å²) in [6, 6.07) is -0.537. The van der Waals surface area contributed by atoms with Crippen LogP contribution in [0.2, 0.25) is 0 Å². The highest BCUT2D eigenvalue weighted by Gasteiger charge is 2.20. The number of aliphatic hydroxyl groups excluding tert-OH is 2. The summed E-state index contributed by atoms with van der Waals surface area (Å²) in [5.74, 6) is -0.0229. The Hall–Kier alpha value is -1.65. The Morgan fingerprint density at radius 1 is 0.325 bits per heavy atom. The Labute approximate surface area is 484 Å². The van der Waals surface area contributed by atoms with Gasteiger partial charge in [0, 0.05) is 6.42 Å². The van der Waals surface area contributed by atoms with Gasteiger partial charge < -0.3 is 15.5 Å². The molecule has 0 aromatic heterocycles. The number of rotatable bonds is 66. The Morgan fingerprint density at radius 2 is 0.571 bits per heavy atom. The van der Waals surface area contributed by atoms with Gasteiger partial charge >= 0.3 is 0 Å². The van der Waals surface area contributed by atoms with Gasteiger partial charge in [0.25, 0.3) is 0 Å². The topological polar surface area (TPSA) is 69.6 Å². The average Bonchev–Trinajstić information content (AvgIpc) is 3.43. The number of carbonyl (C=O) groups excluding carboxylic acids is 1. The van der Waals surface area contributed by atoms with E-state index in [-0.39, 0.29) is 12.5 Å². The van der Waals surface area contributed by atoms with Gasteiger partial charge in [0.05, 0.1) is 18.8 Å². The van der Waals surface area contributed by atoms with Gasteiger partial charge in [-0.3, -0.25) is 4.79 Å². The van der Waals surface area contributed by atoms with E-state index in [0.717, 1.165) is 51.4 Å². The first-order valence-electron chi connectivity index (χ1n) is 35.3. The zero-order valence-electron chi connectivity index (χ0n) is 52.5. The van der Waals surface area contributed by atoms with Gasteiger partial charge in [-0.15, -0.1) is 0 Å². The minimum Gasteiger partial charge on any atom is -0.394 e. The summed E-state index contributed by atoms with van der Waals surface area (Å²) in [6.45, 7) is 4.29. The number of hydrogen-bond donors (Lipinski definition) is 3. The quantitative estimate of drug-likeness (QED) is 0.0420. The highest BCUT2D eigenvalue weighted by molar-refractivity contribution is 5.76. The van der Waals surface area contributed by atoms with Crippen LogP contribution in [0.5, 0.6) is 0 Å². The van der Waals surface area contributed by atoms with E-state index >= 15 is 0 Å². The molecule has 0 rings (SSSR count). The second kappa shape index (κ2) is 68.6. The van der Waals surface area contributed by atoms with Crippen LogP contribution in [0.1, 0.15) is 393 Å². The molecule has 0 heterocycles. The molecule has 4 nitrogen and oxygen atoms in total. The first-order valence-corrected chi connectivity index (χ1v) is 35.3. The van der Waals surface area contributed by atoms with E-state index in [4.69, 9.17) is 0 Å². The van der Waals surface area contributed by atoms with Gasteiger partial charge in [-0.05, 0) is 51.4 Å². The van der Waals surface area contributed by atoms with Gasteiger partial charge in [-0.2, -0.15) is 0 Å². The van der Waals surface area contributed by atoms with Crippen LogP contribution in [-0.2, 0) is 4.79 Å². The maximum atomic E-state index is 12.6. The molecule has 0 radical (unpaired) electrons. The fourth-order valence-corrected chi connectivity index (χ4v) is 11.3. The van der Waals surface area contributed by atoms with Crippen molar-refractivity contribution in [2.24, 2.45) is 0 Å². The van der Waals surface area contributed by atoms with Crippen LogP contribution >= 0.6 is 0 Å². The number of amides is 1. The SMILES string of the molecule is CC/C=C\C/C=C\C/C=C\C/C=C\CCCCCCCCCCCCCCCCCCCCCCCCC(=O)NC(CO)C(O)CCCCCCCCCCCCCCCCCCCCCCCCCCCCCCCC.